The molecule has 1 aliphatic carbocycles. The molecule has 0 radical (unpaired) electrons. The molecule has 0 spiro atoms. The Kier molecular flexibility index (Phi) is 5.22. The molecule has 0 aromatic rings. The predicted molar refractivity (Wildman–Crippen MR) is 64.2 cm³/mol. The molecule has 0 atom stereocenters. The summed E-state index contributed by atoms with van der Waals surface area (Å²) in [7, 11) is 5.68. The van der Waals surface area contributed by atoms with Gasteiger partial charge in [-0.25, -0.2) is 0 Å². The van der Waals surface area contributed by atoms with Gasteiger partial charge in [0.1, 0.15) is 0 Å². The van der Waals surface area contributed by atoms with Crippen molar-refractivity contribution in [3.05, 3.63) is 0 Å². The van der Waals surface area contributed by atoms with Gasteiger partial charge in [0.05, 0.1) is 6.10 Å². The fourth-order valence-electron chi connectivity index (χ4n) is 2.11. The quantitative estimate of drug-likeness (QED) is 0.722. The first kappa shape index (κ1) is 13.5. The molecule has 1 fully saturated rings. The van der Waals surface area contributed by atoms with Gasteiger partial charge in [0.2, 0.25) is 5.91 Å². The summed E-state index contributed by atoms with van der Waals surface area (Å²) in [5.41, 5.74) is 0. The summed E-state index contributed by atoms with van der Waals surface area (Å²) < 4.78 is 0. The molecule has 0 bridgehead atoms. The fourth-order valence-corrected chi connectivity index (χ4v) is 2.11. The van der Waals surface area contributed by atoms with E-state index in [1.54, 1.807) is 19.0 Å². The third-order valence-electron chi connectivity index (χ3n) is 3.21. The lowest BCUT2D eigenvalue weighted by Crippen LogP contribution is -2.37. The molecule has 0 aromatic heterocycles. The minimum Gasteiger partial charge on any atom is -0.393 e. The topological polar surface area (TPSA) is 43.8 Å². The van der Waals surface area contributed by atoms with Gasteiger partial charge in [0.25, 0.3) is 0 Å². The van der Waals surface area contributed by atoms with E-state index in [0.717, 1.165) is 32.4 Å². The summed E-state index contributed by atoms with van der Waals surface area (Å²) in [6, 6.07) is 0. The first-order valence-electron chi connectivity index (χ1n) is 6.05. The van der Waals surface area contributed by atoms with Crippen molar-refractivity contribution in [3.8, 4) is 0 Å². The average molecular weight is 228 g/mol. The van der Waals surface area contributed by atoms with Crippen LogP contribution in [0.4, 0.5) is 0 Å². The molecule has 94 valence electrons. The van der Waals surface area contributed by atoms with Gasteiger partial charge < -0.3 is 14.9 Å². The van der Waals surface area contributed by atoms with Gasteiger partial charge in [-0.1, -0.05) is 0 Å². The van der Waals surface area contributed by atoms with Crippen molar-refractivity contribution in [3.63, 3.8) is 0 Å². The Morgan fingerprint density at radius 1 is 1.31 bits per heavy atom. The lowest BCUT2D eigenvalue weighted by Gasteiger charge is -2.34. The summed E-state index contributed by atoms with van der Waals surface area (Å²) in [4.78, 5) is 15.2. The highest BCUT2D eigenvalue weighted by Crippen LogP contribution is 2.27. The molecule has 1 rings (SSSR count). The maximum Gasteiger partial charge on any atom is 0.222 e. The van der Waals surface area contributed by atoms with Crippen LogP contribution in [0.3, 0.4) is 0 Å². The Hall–Kier alpha value is -0.610. The van der Waals surface area contributed by atoms with Crippen molar-refractivity contribution in [2.45, 2.75) is 31.8 Å². The zero-order valence-electron chi connectivity index (χ0n) is 10.6. The van der Waals surface area contributed by atoms with Crippen LogP contribution in [-0.4, -0.2) is 61.2 Å². The molecule has 0 heterocycles. The van der Waals surface area contributed by atoms with Gasteiger partial charge in [-0.2, -0.15) is 0 Å². The standard InChI is InChI=1S/C12H24N2O2/c1-13(2)12(16)5-4-6-14(3)9-10-7-11(15)8-10/h10-11,15H,4-9H2,1-3H3. The van der Waals surface area contributed by atoms with Crippen LogP contribution in [0, 0.1) is 5.92 Å². The highest BCUT2D eigenvalue weighted by Gasteiger charge is 2.27. The predicted octanol–water partition coefficient (Wildman–Crippen LogP) is 0.557. The van der Waals surface area contributed by atoms with E-state index in [1.165, 1.54) is 0 Å². The maximum absolute atomic E-state index is 11.3. The summed E-state index contributed by atoms with van der Waals surface area (Å²) >= 11 is 0. The number of hydrogen-bond donors (Lipinski definition) is 1. The van der Waals surface area contributed by atoms with Crippen molar-refractivity contribution >= 4 is 5.91 Å². The summed E-state index contributed by atoms with van der Waals surface area (Å²) in [5, 5.41) is 9.17. The molecule has 16 heavy (non-hydrogen) atoms. The Balaban J connectivity index is 2.02. The third-order valence-corrected chi connectivity index (χ3v) is 3.21. The minimum atomic E-state index is -0.0614. The molecular formula is C12H24N2O2. The fraction of sp³-hybridized carbons (Fsp3) is 0.917. The maximum atomic E-state index is 11.3. The summed E-state index contributed by atoms with van der Waals surface area (Å²) in [6.45, 7) is 2.01. The highest BCUT2D eigenvalue weighted by atomic mass is 16.3. The van der Waals surface area contributed by atoms with Gasteiger partial charge in [-0.15, -0.1) is 0 Å². The SMILES string of the molecule is CN(CCCC(=O)N(C)C)CC1CC(O)C1. The molecule has 0 aromatic carbocycles. The third kappa shape index (κ3) is 4.49. The van der Waals surface area contributed by atoms with Crippen molar-refractivity contribution in [1.29, 1.82) is 0 Å². The Labute approximate surface area is 98.2 Å². The first-order valence-corrected chi connectivity index (χ1v) is 6.05. The zero-order chi connectivity index (χ0) is 12.1. The molecular weight excluding hydrogens is 204 g/mol. The number of carbonyl (C=O) groups excluding carboxylic acids is 1. The number of aliphatic hydroxyl groups excluding tert-OH is 1. The van der Waals surface area contributed by atoms with Crippen molar-refractivity contribution in [2.75, 3.05) is 34.2 Å². The second kappa shape index (κ2) is 6.21. The van der Waals surface area contributed by atoms with Crippen molar-refractivity contribution in [1.82, 2.24) is 9.80 Å². The van der Waals surface area contributed by atoms with E-state index in [-0.39, 0.29) is 12.0 Å². The van der Waals surface area contributed by atoms with E-state index in [1.807, 2.05) is 0 Å². The number of hydrogen-bond acceptors (Lipinski definition) is 3. The lowest BCUT2D eigenvalue weighted by atomic mass is 9.82. The molecule has 1 aliphatic rings. The van der Waals surface area contributed by atoms with Crippen molar-refractivity contribution < 1.29 is 9.90 Å². The Morgan fingerprint density at radius 3 is 2.44 bits per heavy atom. The molecule has 4 nitrogen and oxygen atoms in total. The van der Waals surface area contributed by atoms with Gasteiger partial charge >= 0.3 is 0 Å². The second-order valence-electron chi connectivity index (χ2n) is 5.15. The van der Waals surface area contributed by atoms with E-state index >= 15 is 0 Å². The van der Waals surface area contributed by atoms with Crippen LogP contribution in [0.1, 0.15) is 25.7 Å². The van der Waals surface area contributed by atoms with E-state index in [9.17, 15) is 9.90 Å². The van der Waals surface area contributed by atoms with E-state index in [0.29, 0.717) is 12.3 Å². The number of aliphatic hydroxyl groups is 1. The molecule has 1 N–H and O–H groups in total. The van der Waals surface area contributed by atoms with E-state index < -0.39 is 0 Å². The number of carbonyl (C=O) groups is 1. The Bertz CT molecular complexity index is 225. The van der Waals surface area contributed by atoms with Crippen LogP contribution >= 0.6 is 0 Å². The smallest absolute Gasteiger partial charge is 0.222 e. The van der Waals surface area contributed by atoms with Gasteiger partial charge in [0.15, 0.2) is 0 Å². The molecule has 0 saturated heterocycles. The molecule has 0 aliphatic heterocycles. The monoisotopic (exact) mass is 228 g/mol. The summed E-state index contributed by atoms with van der Waals surface area (Å²) in [5.74, 6) is 0.858. The van der Waals surface area contributed by atoms with Crippen LogP contribution in [-0.2, 0) is 4.79 Å². The normalized spacial score (nSPS) is 24.3. The van der Waals surface area contributed by atoms with Crippen LogP contribution in [0.25, 0.3) is 0 Å². The lowest BCUT2D eigenvalue weighted by molar-refractivity contribution is -0.128. The van der Waals surface area contributed by atoms with E-state index in [2.05, 4.69) is 11.9 Å². The molecule has 1 amide bonds. The van der Waals surface area contributed by atoms with Crippen molar-refractivity contribution in [2.24, 2.45) is 5.92 Å². The van der Waals surface area contributed by atoms with Crippen LogP contribution in [0.15, 0.2) is 0 Å². The van der Waals surface area contributed by atoms with Crippen LogP contribution in [0.2, 0.25) is 0 Å². The zero-order valence-corrected chi connectivity index (χ0v) is 10.6. The second-order valence-corrected chi connectivity index (χ2v) is 5.15. The van der Waals surface area contributed by atoms with Crippen LogP contribution < -0.4 is 0 Å². The minimum absolute atomic E-state index is 0.0614. The number of nitrogens with zero attached hydrogens (tertiary/aromatic N) is 2. The largest absolute Gasteiger partial charge is 0.393 e. The summed E-state index contributed by atoms with van der Waals surface area (Å²) in [6.07, 6.45) is 3.38. The van der Waals surface area contributed by atoms with E-state index in [4.69, 9.17) is 0 Å². The van der Waals surface area contributed by atoms with Gasteiger partial charge in [-0.3, -0.25) is 4.79 Å². The highest BCUT2D eigenvalue weighted by molar-refractivity contribution is 5.75. The molecule has 1 saturated carbocycles. The van der Waals surface area contributed by atoms with Gasteiger partial charge in [0, 0.05) is 27.1 Å². The van der Waals surface area contributed by atoms with Crippen LogP contribution in [0.5, 0.6) is 0 Å². The van der Waals surface area contributed by atoms with Gasteiger partial charge in [-0.05, 0) is 38.8 Å². The first-order chi connectivity index (χ1) is 7.49. The Morgan fingerprint density at radius 2 is 1.94 bits per heavy atom. The average Bonchev–Trinajstić information content (AvgIpc) is 2.15. The number of rotatable bonds is 6. The molecule has 0 unspecified atom stereocenters. The number of amides is 1. The molecule has 4 heteroatoms.